The molecule has 9 heteroatoms. The van der Waals surface area contributed by atoms with Crippen LogP contribution in [-0.4, -0.2) is 17.2 Å². The van der Waals surface area contributed by atoms with Crippen molar-refractivity contribution in [2.45, 2.75) is 6.42 Å². The Kier molecular flexibility index (Phi) is 12.6. The zero-order valence-electron chi connectivity index (χ0n) is 37.5. The van der Waals surface area contributed by atoms with Crippen LogP contribution >= 0.6 is 31.9 Å². The monoisotopic (exact) mass is 1040 g/mol. The number of benzene rings is 10. The Morgan fingerprint density at radius 3 is 1.13 bits per heavy atom. The number of hydrogen-bond donors (Lipinski definition) is 3. The Morgan fingerprint density at radius 2 is 0.714 bits per heavy atom. The lowest BCUT2D eigenvalue weighted by Gasteiger charge is -2.07. The second-order valence-electron chi connectivity index (χ2n) is 17.0. The van der Waals surface area contributed by atoms with Gasteiger partial charge in [-0.3, -0.25) is 0 Å². The molecule has 70 heavy (non-hydrogen) atoms. The maximum atomic E-state index is 9.24. The molecule has 3 N–H and O–H groups in total. The van der Waals surface area contributed by atoms with E-state index in [1.165, 1.54) is 11.1 Å². The van der Waals surface area contributed by atoms with Gasteiger partial charge in [-0.05, 0) is 95.4 Å². The van der Waals surface area contributed by atoms with Crippen LogP contribution < -0.4 is 10.8 Å². The molecular weight excluding hydrogens is 997 g/mol. The van der Waals surface area contributed by atoms with Crippen molar-refractivity contribution in [1.82, 2.24) is 0 Å². The number of halogens is 2. The highest BCUT2D eigenvalue weighted by Crippen LogP contribution is 2.38. The lowest BCUT2D eigenvalue weighted by atomic mass is 9.79. The highest BCUT2D eigenvalue weighted by Gasteiger charge is 2.19. The summed E-state index contributed by atoms with van der Waals surface area (Å²) in [5.41, 5.74) is 14.7. The van der Waals surface area contributed by atoms with Crippen LogP contribution in [0.4, 0.5) is 11.4 Å². The molecule has 13 aromatic rings. The predicted molar refractivity (Wildman–Crippen MR) is 296 cm³/mol. The predicted octanol–water partition coefficient (Wildman–Crippen LogP) is 16.6. The second-order valence-corrected chi connectivity index (χ2v) is 18.8. The molecule has 0 amide bonds. The van der Waals surface area contributed by atoms with Crippen LogP contribution in [0.5, 0.6) is 0 Å². The van der Waals surface area contributed by atoms with Gasteiger partial charge in [0.1, 0.15) is 33.5 Å². The Labute approximate surface area is 420 Å². The number of para-hydroxylation sites is 6. The van der Waals surface area contributed by atoms with Gasteiger partial charge in [0.25, 0.3) is 0 Å². The van der Waals surface area contributed by atoms with E-state index in [4.69, 9.17) is 13.3 Å². The summed E-state index contributed by atoms with van der Waals surface area (Å²) < 4.78 is 20.3. The molecule has 338 valence electrons. The first-order valence-electron chi connectivity index (χ1n) is 22.9. The van der Waals surface area contributed by atoms with Gasteiger partial charge in [-0.25, -0.2) is 0 Å². The largest absolute Gasteiger partial charge is 0.492 e. The molecule has 13 rings (SSSR count). The summed E-state index contributed by atoms with van der Waals surface area (Å²) in [6, 6.07) is 76.1. The SMILES string of the molecule is Brc1ccc(Nc2ccc(Br)cc2)cc1.OB(O)c1cccc2c1oc1ccccc12.c1ccc2c(c1)oc1c(-c3ccc(Cc4ccc(-c5cccc6c5oc5ccccc56)cc4)cc3)cccc12. The van der Waals surface area contributed by atoms with Crippen LogP contribution in [-0.2, 0) is 6.42 Å². The first-order chi connectivity index (χ1) is 34.3. The highest BCUT2D eigenvalue weighted by atomic mass is 79.9. The van der Waals surface area contributed by atoms with Crippen molar-refractivity contribution >= 4 is 122 Å². The van der Waals surface area contributed by atoms with E-state index in [1.54, 1.807) is 12.1 Å². The van der Waals surface area contributed by atoms with E-state index in [9.17, 15) is 10.0 Å². The van der Waals surface area contributed by atoms with Gasteiger partial charge in [-0.15, -0.1) is 0 Å². The zero-order valence-corrected chi connectivity index (χ0v) is 40.7. The summed E-state index contributed by atoms with van der Waals surface area (Å²) in [6.07, 6.45) is 0.879. The van der Waals surface area contributed by atoms with E-state index < -0.39 is 7.12 Å². The van der Waals surface area contributed by atoms with Crippen LogP contribution in [0.25, 0.3) is 88.1 Å². The number of furan rings is 3. The molecule has 0 saturated carbocycles. The van der Waals surface area contributed by atoms with E-state index in [0.29, 0.717) is 11.0 Å². The summed E-state index contributed by atoms with van der Waals surface area (Å²) in [5, 5.41) is 28.3. The fourth-order valence-corrected chi connectivity index (χ4v) is 9.52. The minimum absolute atomic E-state index is 0.397. The maximum absolute atomic E-state index is 9.24. The Hall–Kier alpha value is -7.66. The van der Waals surface area contributed by atoms with Crippen molar-refractivity contribution < 1.29 is 23.3 Å². The van der Waals surface area contributed by atoms with Crippen LogP contribution in [0, 0.1) is 0 Å². The fourth-order valence-electron chi connectivity index (χ4n) is 8.99. The Balaban J connectivity index is 0.000000141. The standard InChI is InChI=1S/C37H24O2.C12H9BO3.C12H9Br2N/c1-3-13-34-30(7-1)32-11-5-9-28(36(32)38-34)26-19-15-24(16-20-26)23-25-17-21-27(22-18-25)29-10-6-12-33-31-8-2-4-14-35(31)39-37(29)33;14-13(15)10-6-3-5-9-8-4-1-2-7-11(8)16-12(9)10;13-9-1-5-11(6-2-9)15-12-7-3-10(14)4-8-12/h1-22H,23H2;1-7,14-15H;1-8,15H. The third kappa shape index (κ3) is 9.28. The highest BCUT2D eigenvalue weighted by molar-refractivity contribution is 9.10. The molecule has 0 atom stereocenters. The minimum atomic E-state index is -1.51. The van der Waals surface area contributed by atoms with Crippen molar-refractivity contribution in [3.63, 3.8) is 0 Å². The normalized spacial score (nSPS) is 11.2. The maximum Gasteiger partial charge on any atom is 0.492 e. The van der Waals surface area contributed by atoms with E-state index in [1.807, 2.05) is 103 Å². The lowest BCUT2D eigenvalue weighted by molar-refractivity contribution is 0.425. The molecule has 0 saturated heterocycles. The smallest absolute Gasteiger partial charge is 0.456 e. The molecule has 0 unspecified atom stereocenters. The zero-order chi connectivity index (χ0) is 47.6. The number of rotatable bonds is 7. The molecule has 0 aliphatic heterocycles. The second kappa shape index (κ2) is 19.8. The first-order valence-corrected chi connectivity index (χ1v) is 24.5. The van der Waals surface area contributed by atoms with Crippen LogP contribution in [0.2, 0.25) is 0 Å². The van der Waals surface area contributed by atoms with Gasteiger partial charge in [0.05, 0.1) is 0 Å². The number of anilines is 2. The van der Waals surface area contributed by atoms with Gasteiger partial charge in [-0.2, -0.15) is 0 Å². The number of fused-ring (bicyclic) bond motifs is 9. The van der Waals surface area contributed by atoms with Gasteiger partial charge >= 0.3 is 7.12 Å². The third-order valence-electron chi connectivity index (χ3n) is 12.4. The third-order valence-corrected chi connectivity index (χ3v) is 13.5. The molecule has 0 aliphatic carbocycles. The quantitative estimate of drug-likeness (QED) is 0.138. The van der Waals surface area contributed by atoms with Gasteiger partial charge in [0.15, 0.2) is 0 Å². The molecule has 0 bridgehead atoms. The summed E-state index contributed by atoms with van der Waals surface area (Å²) >= 11 is 6.81. The van der Waals surface area contributed by atoms with Crippen molar-refractivity contribution in [2.75, 3.05) is 5.32 Å². The van der Waals surface area contributed by atoms with Crippen molar-refractivity contribution in [2.24, 2.45) is 0 Å². The van der Waals surface area contributed by atoms with Crippen molar-refractivity contribution in [3.8, 4) is 22.3 Å². The minimum Gasteiger partial charge on any atom is -0.456 e. The molecule has 0 radical (unpaired) electrons. The molecule has 0 spiro atoms. The van der Waals surface area contributed by atoms with Gasteiger partial charge in [0, 0.05) is 69.2 Å². The number of nitrogens with one attached hydrogen (secondary N) is 1. The molecule has 6 nitrogen and oxygen atoms in total. The van der Waals surface area contributed by atoms with Gasteiger partial charge < -0.3 is 28.6 Å². The Morgan fingerprint density at radius 1 is 0.357 bits per heavy atom. The van der Waals surface area contributed by atoms with E-state index in [-0.39, 0.29) is 0 Å². The molecule has 3 heterocycles. The molecular formula is C61H42BBr2NO5. The van der Waals surface area contributed by atoms with Crippen molar-refractivity contribution in [1.29, 1.82) is 0 Å². The van der Waals surface area contributed by atoms with E-state index in [0.717, 1.165) is 109 Å². The molecule has 0 fully saturated rings. The van der Waals surface area contributed by atoms with E-state index >= 15 is 0 Å². The Bertz CT molecular complexity index is 3740. The van der Waals surface area contributed by atoms with Crippen LogP contribution in [0.3, 0.4) is 0 Å². The average molecular weight is 1040 g/mol. The first kappa shape index (κ1) is 44.8. The molecule has 3 aromatic heterocycles. The van der Waals surface area contributed by atoms with Gasteiger partial charge in [0.2, 0.25) is 0 Å². The van der Waals surface area contributed by atoms with Gasteiger partial charge in [-0.1, -0.05) is 190 Å². The van der Waals surface area contributed by atoms with E-state index in [2.05, 4.69) is 146 Å². The van der Waals surface area contributed by atoms with Crippen LogP contribution in [0.1, 0.15) is 11.1 Å². The average Bonchev–Trinajstić information content (AvgIpc) is 4.10. The summed E-state index contributed by atoms with van der Waals surface area (Å²) in [6.45, 7) is 0. The molecule has 10 aromatic carbocycles. The summed E-state index contributed by atoms with van der Waals surface area (Å²) in [4.78, 5) is 0. The topological polar surface area (TPSA) is 91.9 Å². The fraction of sp³-hybridized carbons (Fsp3) is 0.0164. The summed E-state index contributed by atoms with van der Waals surface area (Å²) in [7, 11) is -1.51. The number of hydrogen-bond acceptors (Lipinski definition) is 6. The van der Waals surface area contributed by atoms with Crippen molar-refractivity contribution in [3.05, 3.63) is 245 Å². The molecule has 0 aliphatic rings. The lowest BCUT2D eigenvalue weighted by Crippen LogP contribution is -2.29. The van der Waals surface area contributed by atoms with Crippen LogP contribution in [0.15, 0.2) is 247 Å². The summed E-state index contributed by atoms with van der Waals surface area (Å²) in [5.74, 6) is 0.